The molecule has 1 N–H and O–H groups in total. The molecule has 1 heterocycles. The van der Waals surface area contributed by atoms with Gasteiger partial charge in [0.15, 0.2) is 0 Å². The Bertz CT molecular complexity index is 960. The third-order valence-electron chi connectivity index (χ3n) is 4.83. The molecule has 134 valence electrons. The standard InChI is InChI=1S/C23H26N2O/c1-5-6-11-24-23(26)20-14-22(18-9-8-16(3)17(4)13-18)25-21-10-7-15(2)12-19(20)21/h7-10,12-14H,5-6,11H2,1-4H3,(H,24,26). The van der Waals surface area contributed by atoms with Crippen LogP contribution < -0.4 is 5.32 Å². The fourth-order valence-electron chi connectivity index (χ4n) is 3.05. The number of carbonyl (C=O) groups is 1. The third kappa shape index (κ3) is 3.77. The van der Waals surface area contributed by atoms with Crippen LogP contribution in [0.3, 0.4) is 0 Å². The molecule has 0 spiro atoms. The Hall–Kier alpha value is -2.68. The van der Waals surface area contributed by atoms with Crippen molar-refractivity contribution in [1.82, 2.24) is 10.3 Å². The monoisotopic (exact) mass is 346 g/mol. The van der Waals surface area contributed by atoms with Gasteiger partial charge < -0.3 is 5.32 Å². The van der Waals surface area contributed by atoms with Gasteiger partial charge in [-0.25, -0.2) is 4.98 Å². The number of benzene rings is 2. The van der Waals surface area contributed by atoms with Crippen molar-refractivity contribution in [3.63, 3.8) is 0 Å². The summed E-state index contributed by atoms with van der Waals surface area (Å²) < 4.78 is 0. The minimum atomic E-state index is -0.0264. The highest BCUT2D eigenvalue weighted by Crippen LogP contribution is 2.27. The van der Waals surface area contributed by atoms with E-state index in [-0.39, 0.29) is 5.91 Å². The fourth-order valence-corrected chi connectivity index (χ4v) is 3.05. The maximum absolute atomic E-state index is 12.8. The number of aryl methyl sites for hydroxylation is 3. The number of aromatic nitrogens is 1. The van der Waals surface area contributed by atoms with Crippen LogP contribution in [0.2, 0.25) is 0 Å². The third-order valence-corrected chi connectivity index (χ3v) is 4.83. The van der Waals surface area contributed by atoms with Crippen LogP contribution in [0, 0.1) is 20.8 Å². The second-order valence-corrected chi connectivity index (χ2v) is 6.98. The van der Waals surface area contributed by atoms with Crippen molar-refractivity contribution >= 4 is 16.8 Å². The van der Waals surface area contributed by atoms with E-state index >= 15 is 0 Å². The average molecular weight is 346 g/mol. The summed E-state index contributed by atoms with van der Waals surface area (Å²) in [6.07, 6.45) is 2.04. The largest absolute Gasteiger partial charge is 0.352 e. The molecular formula is C23H26N2O. The molecule has 3 rings (SSSR count). The molecular weight excluding hydrogens is 320 g/mol. The Morgan fingerprint density at radius 1 is 1.00 bits per heavy atom. The summed E-state index contributed by atoms with van der Waals surface area (Å²) in [6.45, 7) is 9.05. The number of hydrogen-bond acceptors (Lipinski definition) is 2. The highest BCUT2D eigenvalue weighted by Gasteiger charge is 2.14. The number of pyridine rings is 1. The molecule has 26 heavy (non-hydrogen) atoms. The molecule has 0 radical (unpaired) electrons. The lowest BCUT2D eigenvalue weighted by Crippen LogP contribution is -2.24. The maximum Gasteiger partial charge on any atom is 0.252 e. The van der Waals surface area contributed by atoms with Gasteiger partial charge in [0.1, 0.15) is 0 Å². The van der Waals surface area contributed by atoms with Gasteiger partial charge in [0.25, 0.3) is 5.91 Å². The van der Waals surface area contributed by atoms with Gasteiger partial charge in [0.2, 0.25) is 0 Å². The zero-order valence-corrected chi connectivity index (χ0v) is 16.0. The predicted molar refractivity (Wildman–Crippen MR) is 109 cm³/mol. The van der Waals surface area contributed by atoms with Gasteiger partial charge in [0, 0.05) is 17.5 Å². The normalized spacial score (nSPS) is 10.9. The number of amides is 1. The number of nitrogens with zero attached hydrogens (tertiary/aromatic N) is 1. The summed E-state index contributed by atoms with van der Waals surface area (Å²) in [4.78, 5) is 17.6. The molecule has 0 aliphatic carbocycles. The van der Waals surface area contributed by atoms with Crippen molar-refractivity contribution in [2.24, 2.45) is 0 Å². The van der Waals surface area contributed by atoms with E-state index in [1.54, 1.807) is 0 Å². The van der Waals surface area contributed by atoms with E-state index in [9.17, 15) is 4.79 Å². The molecule has 2 aromatic carbocycles. The molecule has 0 bridgehead atoms. The highest BCUT2D eigenvalue weighted by molar-refractivity contribution is 6.07. The van der Waals surface area contributed by atoms with E-state index in [1.165, 1.54) is 11.1 Å². The molecule has 3 nitrogen and oxygen atoms in total. The lowest BCUT2D eigenvalue weighted by molar-refractivity contribution is 0.0955. The van der Waals surface area contributed by atoms with E-state index in [1.807, 2.05) is 31.2 Å². The van der Waals surface area contributed by atoms with Crippen LogP contribution in [-0.2, 0) is 0 Å². The molecule has 3 heteroatoms. The SMILES string of the molecule is CCCCNC(=O)c1cc(-c2ccc(C)c(C)c2)nc2ccc(C)cc12. The number of rotatable bonds is 5. The molecule has 1 aromatic heterocycles. The van der Waals surface area contributed by atoms with Crippen LogP contribution in [0.5, 0.6) is 0 Å². The Morgan fingerprint density at radius 3 is 2.54 bits per heavy atom. The Kier molecular flexibility index (Phi) is 5.36. The Balaban J connectivity index is 2.12. The Morgan fingerprint density at radius 2 is 1.81 bits per heavy atom. The van der Waals surface area contributed by atoms with Crippen LogP contribution in [-0.4, -0.2) is 17.4 Å². The number of fused-ring (bicyclic) bond motifs is 1. The van der Waals surface area contributed by atoms with E-state index in [0.717, 1.165) is 40.6 Å². The van der Waals surface area contributed by atoms with Crippen LogP contribution in [0.1, 0.15) is 46.8 Å². The first kappa shape index (κ1) is 18.1. The number of carbonyl (C=O) groups excluding carboxylic acids is 1. The van der Waals surface area contributed by atoms with Gasteiger partial charge in [-0.1, -0.05) is 37.1 Å². The Labute approximate surface area is 155 Å². The summed E-state index contributed by atoms with van der Waals surface area (Å²) in [6, 6.07) is 14.3. The molecule has 0 aliphatic rings. The van der Waals surface area contributed by atoms with Crippen molar-refractivity contribution in [3.05, 3.63) is 64.7 Å². The van der Waals surface area contributed by atoms with Gasteiger partial charge in [-0.05, 0) is 62.6 Å². The smallest absolute Gasteiger partial charge is 0.252 e. The summed E-state index contributed by atoms with van der Waals surface area (Å²) in [5, 5.41) is 3.95. The molecule has 3 aromatic rings. The lowest BCUT2D eigenvalue weighted by atomic mass is 10.00. The molecule has 1 amide bonds. The quantitative estimate of drug-likeness (QED) is 0.632. The predicted octanol–water partition coefficient (Wildman–Crippen LogP) is 5.36. The van der Waals surface area contributed by atoms with Gasteiger partial charge >= 0.3 is 0 Å². The molecule has 0 fully saturated rings. The molecule has 0 aliphatic heterocycles. The first-order chi connectivity index (χ1) is 12.5. The van der Waals surface area contributed by atoms with Gasteiger partial charge in [-0.3, -0.25) is 4.79 Å². The van der Waals surface area contributed by atoms with Crippen LogP contribution in [0.4, 0.5) is 0 Å². The zero-order chi connectivity index (χ0) is 18.7. The van der Waals surface area contributed by atoms with Crippen LogP contribution in [0.15, 0.2) is 42.5 Å². The minimum Gasteiger partial charge on any atom is -0.352 e. The van der Waals surface area contributed by atoms with E-state index < -0.39 is 0 Å². The van der Waals surface area contributed by atoms with E-state index in [4.69, 9.17) is 4.98 Å². The van der Waals surface area contributed by atoms with E-state index in [2.05, 4.69) is 44.3 Å². The fraction of sp³-hybridized carbons (Fsp3) is 0.304. The summed E-state index contributed by atoms with van der Waals surface area (Å²) in [5.74, 6) is -0.0264. The van der Waals surface area contributed by atoms with E-state index in [0.29, 0.717) is 12.1 Å². The number of unbranched alkanes of at least 4 members (excludes halogenated alkanes) is 1. The highest BCUT2D eigenvalue weighted by atomic mass is 16.1. The maximum atomic E-state index is 12.8. The van der Waals surface area contributed by atoms with Crippen molar-refractivity contribution in [2.75, 3.05) is 6.54 Å². The van der Waals surface area contributed by atoms with Crippen molar-refractivity contribution in [3.8, 4) is 11.3 Å². The van der Waals surface area contributed by atoms with Crippen molar-refractivity contribution < 1.29 is 4.79 Å². The summed E-state index contributed by atoms with van der Waals surface area (Å²) in [7, 11) is 0. The van der Waals surface area contributed by atoms with Crippen LogP contribution in [0.25, 0.3) is 22.2 Å². The molecule has 0 saturated heterocycles. The minimum absolute atomic E-state index is 0.0264. The molecule has 0 unspecified atom stereocenters. The average Bonchev–Trinajstić information content (AvgIpc) is 2.63. The van der Waals surface area contributed by atoms with Gasteiger partial charge in [-0.2, -0.15) is 0 Å². The number of nitrogens with one attached hydrogen (secondary N) is 1. The molecule has 0 saturated carbocycles. The van der Waals surface area contributed by atoms with Gasteiger partial charge in [0.05, 0.1) is 16.8 Å². The summed E-state index contributed by atoms with van der Waals surface area (Å²) in [5.41, 5.74) is 7.03. The lowest BCUT2D eigenvalue weighted by Gasteiger charge is -2.12. The number of hydrogen-bond donors (Lipinski definition) is 1. The topological polar surface area (TPSA) is 42.0 Å². The summed E-state index contributed by atoms with van der Waals surface area (Å²) >= 11 is 0. The second-order valence-electron chi connectivity index (χ2n) is 6.98. The second kappa shape index (κ2) is 7.69. The van der Waals surface area contributed by atoms with Crippen molar-refractivity contribution in [1.29, 1.82) is 0 Å². The van der Waals surface area contributed by atoms with Gasteiger partial charge in [-0.15, -0.1) is 0 Å². The van der Waals surface area contributed by atoms with Crippen LogP contribution >= 0.6 is 0 Å². The molecule has 0 atom stereocenters. The zero-order valence-electron chi connectivity index (χ0n) is 16.0. The van der Waals surface area contributed by atoms with Crippen molar-refractivity contribution in [2.45, 2.75) is 40.5 Å². The first-order valence-electron chi connectivity index (χ1n) is 9.27. The first-order valence-corrected chi connectivity index (χ1v) is 9.27.